The third-order valence-electron chi connectivity index (χ3n) is 12.1. The van der Waals surface area contributed by atoms with Crippen molar-refractivity contribution in [2.24, 2.45) is 46.3 Å². The maximum Gasteiger partial charge on any atom is 0.188 e. The number of aromatic nitrogens is 1. The third-order valence-corrected chi connectivity index (χ3v) is 13.2. The molecule has 0 saturated heterocycles. The summed E-state index contributed by atoms with van der Waals surface area (Å²) in [6.45, 7) is 12.7. The van der Waals surface area contributed by atoms with Crippen molar-refractivity contribution in [2.75, 3.05) is 19.5 Å². The maximum atomic E-state index is 5.62. The van der Waals surface area contributed by atoms with E-state index in [4.69, 9.17) is 14.5 Å². The second-order valence-electron chi connectivity index (χ2n) is 14.7. The van der Waals surface area contributed by atoms with Crippen molar-refractivity contribution in [1.29, 1.82) is 0 Å². The van der Waals surface area contributed by atoms with Crippen LogP contribution in [0.3, 0.4) is 0 Å². The van der Waals surface area contributed by atoms with Crippen LogP contribution in [-0.2, 0) is 6.42 Å². The van der Waals surface area contributed by atoms with E-state index in [2.05, 4.69) is 46.0 Å². The lowest BCUT2D eigenvalue weighted by Gasteiger charge is -2.57. The Kier molecular flexibility index (Phi) is 7.98. The highest BCUT2D eigenvalue weighted by Crippen LogP contribution is 2.68. The zero-order chi connectivity index (χ0) is 28.9. The molecule has 0 amide bonds. The van der Waals surface area contributed by atoms with Crippen LogP contribution in [0.5, 0.6) is 11.5 Å². The summed E-state index contributed by atoms with van der Waals surface area (Å²) in [7, 11) is 3.41. The number of nitrogens with zero attached hydrogens (tertiary/aromatic N) is 1. The van der Waals surface area contributed by atoms with Crippen LogP contribution in [0.25, 0.3) is 5.57 Å². The molecule has 0 bridgehead atoms. The van der Waals surface area contributed by atoms with Gasteiger partial charge in [0.05, 0.1) is 30.5 Å². The highest BCUT2D eigenvalue weighted by Gasteiger charge is 2.59. The minimum absolute atomic E-state index is 0.273. The van der Waals surface area contributed by atoms with E-state index in [0.717, 1.165) is 64.2 Å². The van der Waals surface area contributed by atoms with Crippen LogP contribution in [0.2, 0.25) is 0 Å². The van der Waals surface area contributed by atoms with Crippen molar-refractivity contribution in [1.82, 2.24) is 4.98 Å². The number of hydrogen-bond acceptors (Lipinski definition) is 5. The number of nitrogens with one attached hydrogen (secondary N) is 1. The van der Waals surface area contributed by atoms with Gasteiger partial charge < -0.3 is 14.8 Å². The molecule has 1 aromatic heterocycles. The van der Waals surface area contributed by atoms with Crippen LogP contribution >= 0.6 is 11.3 Å². The molecule has 224 valence electrons. The van der Waals surface area contributed by atoms with Crippen LogP contribution in [0.15, 0.2) is 24.3 Å². The van der Waals surface area contributed by atoms with Crippen LogP contribution in [0.4, 0.5) is 10.8 Å². The summed E-state index contributed by atoms with van der Waals surface area (Å²) < 4.78 is 11.1. The van der Waals surface area contributed by atoms with Crippen molar-refractivity contribution in [3.8, 4) is 11.5 Å². The Balaban J connectivity index is 1.22. The van der Waals surface area contributed by atoms with Gasteiger partial charge in [-0.2, -0.15) is 0 Å². The van der Waals surface area contributed by atoms with Gasteiger partial charge in [0.25, 0.3) is 0 Å². The topological polar surface area (TPSA) is 43.4 Å². The summed E-state index contributed by atoms with van der Waals surface area (Å²) in [5.41, 5.74) is 4.59. The van der Waals surface area contributed by atoms with E-state index in [0.29, 0.717) is 5.41 Å². The summed E-state index contributed by atoms with van der Waals surface area (Å²) in [6.07, 6.45) is 16.2. The van der Waals surface area contributed by atoms with Gasteiger partial charge in [0.1, 0.15) is 11.5 Å². The van der Waals surface area contributed by atoms with Gasteiger partial charge in [0, 0.05) is 6.07 Å². The fourth-order valence-electron chi connectivity index (χ4n) is 9.98. The van der Waals surface area contributed by atoms with Crippen molar-refractivity contribution in [3.05, 3.63) is 34.8 Å². The predicted molar refractivity (Wildman–Crippen MR) is 172 cm³/mol. The first kappa shape index (κ1) is 29.1. The van der Waals surface area contributed by atoms with Gasteiger partial charge >= 0.3 is 0 Å². The molecule has 1 N–H and O–H groups in total. The second kappa shape index (κ2) is 11.2. The third kappa shape index (κ3) is 5.02. The summed E-state index contributed by atoms with van der Waals surface area (Å²) >= 11 is 1.83. The van der Waals surface area contributed by atoms with Crippen molar-refractivity contribution in [3.63, 3.8) is 0 Å². The molecule has 4 nitrogen and oxygen atoms in total. The molecule has 1 heterocycles. The zero-order valence-electron chi connectivity index (χ0n) is 26.5. The van der Waals surface area contributed by atoms with E-state index in [-0.39, 0.29) is 5.41 Å². The second-order valence-corrected chi connectivity index (χ2v) is 15.7. The molecule has 4 aliphatic rings. The van der Waals surface area contributed by atoms with Gasteiger partial charge in [-0.1, -0.05) is 71.3 Å². The normalized spacial score (nSPS) is 32.8. The average Bonchev–Trinajstić information content (AvgIpc) is 3.52. The molecule has 0 aliphatic heterocycles. The summed E-state index contributed by atoms with van der Waals surface area (Å²) in [4.78, 5) is 6.53. The number of fused-ring (bicyclic) bond motifs is 7. The lowest BCUT2D eigenvalue weighted by atomic mass is 9.47. The Morgan fingerprint density at radius 2 is 1.85 bits per heavy atom. The van der Waals surface area contributed by atoms with Gasteiger partial charge in [-0.05, 0) is 109 Å². The molecule has 1 aromatic carbocycles. The van der Waals surface area contributed by atoms with E-state index in [1.54, 1.807) is 19.8 Å². The van der Waals surface area contributed by atoms with E-state index in [9.17, 15) is 0 Å². The number of aryl methyl sites for hydroxylation is 1. The van der Waals surface area contributed by atoms with E-state index in [1.807, 2.05) is 29.5 Å². The molecule has 41 heavy (non-hydrogen) atoms. The highest BCUT2D eigenvalue weighted by atomic mass is 32.1. The summed E-state index contributed by atoms with van der Waals surface area (Å²) in [6, 6.07) is 5.88. The largest absolute Gasteiger partial charge is 0.497 e. The van der Waals surface area contributed by atoms with Crippen LogP contribution < -0.4 is 14.8 Å². The lowest BCUT2D eigenvalue weighted by molar-refractivity contribution is -0.0392. The standard InChI is InChI=1S/C36H52N2O2S/c1-22(2)9-8-10-23(3)26-14-15-27-25-12-13-29-33-30(18-20-36(29,5)28(25)17-19-35(26,27)4)37-34(41-33)38-31-21-24(39-6)11-16-32(31)40-7/h11,13,16,21-23,25-28H,8-10,12,14-15,17-20H2,1-7H3,(H,37,38)/t23?,25-,26?,27-,28-,35+,36+/m0/s1. The fourth-order valence-corrected chi connectivity index (χ4v) is 11.2. The Hall–Kier alpha value is -2.01. The quantitative estimate of drug-likeness (QED) is 0.322. The average molecular weight is 577 g/mol. The number of anilines is 2. The first-order chi connectivity index (χ1) is 19.7. The van der Waals surface area contributed by atoms with Crippen LogP contribution in [0.1, 0.15) is 103 Å². The molecule has 6 rings (SSSR count). The summed E-state index contributed by atoms with van der Waals surface area (Å²) in [5, 5.41) is 4.52. The van der Waals surface area contributed by atoms with Gasteiger partial charge in [0.15, 0.2) is 5.13 Å². The number of hydrogen-bond donors (Lipinski definition) is 1. The number of rotatable bonds is 9. The van der Waals surface area contributed by atoms with Crippen LogP contribution in [0, 0.1) is 46.3 Å². The minimum atomic E-state index is 0.273. The van der Waals surface area contributed by atoms with Crippen molar-refractivity contribution >= 4 is 27.7 Å². The SMILES string of the molecule is COc1ccc(OC)c(Nc2nc3c(s2)C2=CC[C@@H]4[C@H](CC[C@]5(C)C(C(C)CCCC(C)C)CC[C@@H]45)[C@@]2(C)CC3)c1. The predicted octanol–water partition coefficient (Wildman–Crippen LogP) is 10.2. The molecular weight excluding hydrogens is 524 g/mol. The molecule has 7 atom stereocenters. The van der Waals surface area contributed by atoms with Crippen molar-refractivity contribution in [2.45, 2.75) is 98.8 Å². The summed E-state index contributed by atoms with van der Waals surface area (Å²) in [5.74, 6) is 6.79. The first-order valence-corrected chi connectivity index (χ1v) is 17.2. The Labute approximate surface area is 252 Å². The molecule has 2 saturated carbocycles. The highest BCUT2D eigenvalue weighted by molar-refractivity contribution is 7.16. The Morgan fingerprint density at radius 1 is 1.02 bits per heavy atom. The molecule has 0 radical (unpaired) electrons. The van der Waals surface area contributed by atoms with Crippen LogP contribution in [-0.4, -0.2) is 19.2 Å². The Bertz CT molecular complexity index is 1280. The van der Waals surface area contributed by atoms with E-state index < -0.39 is 0 Å². The number of methoxy groups -OCH3 is 2. The fraction of sp³-hybridized carbons (Fsp3) is 0.694. The lowest BCUT2D eigenvalue weighted by Crippen LogP contribution is -2.49. The molecule has 0 spiro atoms. The molecule has 2 unspecified atom stereocenters. The van der Waals surface area contributed by atoms with E-state index in [1.165, 1.54) is 68.4 Å². The molecular formula is C36H52N2O2S. The van der Waals surface area contributed by atoms with E-state index >= 15 is 0 Å². The maximum absolute atomic E-state index is 5.62. The number of allylic oxidation sites excluding steroid dienone is 2. The zero-order valence-corrected chi connectivity index (χ0v) is 27.3. The number of thiazole rings is 1. The smallest absolute Gasteiger partial charge is 0.188 e. The molecule has 2 fully saturated rings. The number of benzene rings is 1. The Morgan fingerprint density at radius 3 is 2.61 bits per heavy atom. The minimum Gasteiger partial charge on any atom is -0.497 e. The van der Waals surface area contributed by atoms with Gasteiger partial charge in [-0.3, -0.25) is 0 Å². The molecule has 2 aromatic rings. The number of ether oxygens (including phenoxy) is 2. The van der Waals surface area contributed by atoms with Crippen molar-refractivity contribution < 1.29 is 9.47 Å². The molecule has 5 heteroatoms. The van der Waals surface area contributed by atoms with Gasteiger partial charge in [-0.15, -0.1) is 0 Å². The first-order valence-electron chi connectivity index (χ1n) is 16.4. The molecule has 4 aliphatic carbocycles. The monoisotopic (exact) mass is 576 g/mol. The van der Waals surface area contributed by atoms with Gasteiger partial charge in [-0.25, -0.2) is 4.98 Å². The van der Waals surface area contributed by atoms with Gasteiger partial charge in [0.2, 0.25) is 0 Å².